The number of allylic oxidation sites excluding steroid dienone is 1. The van der Waals surface area contributed by atoms with Gasteiger partial charge in [0.25, 0.3) is 0 Å². The number of rotatable bonds is 7. The number of thioether (sulfide) groups is 1. The van der Waals surface area contributed by atoms with Crippen LogP contribution >= 0.6 is 23.4 Å². The van der Waals surface area contributed by atoms with Gasteiger partial charge in [-0.3, -0.25) is 9.36 Å². The number of hydrogen-bond donors (Lipinski definition) is 1. The molecule has 0 saturated carbocycles. The molecule has 0 spiro atoms. The van der Waals surface area contributed by atoms with E-state index in [2.05, 4.69) is 22.1 Å². The molecule has 0 atom stereocenters. The van der Waals surface area contributed by atoms with Crippen molar-refractivity contribution in [3.05, 3.63) is 71.8 Å². The number of nitrogens with one attached hydrogen (secondary N) is 1. The van der Waals surface area contributed by atoms with Gasteiger partial charge in [-0.2, -0.15) is 0 Å². The van der Waals surface area contributed by atoms with Crippen molar-refractivity contribution in [3.63, 3.8) is 0 Å². The Morgan fingerprint density at radius 1 is 1.22 bits per heavy atom. The Balaban J connectivity index is 1.75. The summed E-state index contributed by atoms with van der Waals surface area (Å²) in [6.45, 7) is 6.41. The summed E-state index contributed by atoms with van der Waals surface area (Å²) < 4.78 is 1.96. The summed E-state index contributed by atoms with van der Waals surface area (Å²) in [6.07, 6.45) is 1.79. The first kappa shape index (κ1) is 19.2. The van der Waals surface area contributed by atoms with Gasteiger partial charge >= 0.3 is 0 Å². The quantitative estimate of drug-likeness (QED) is 0.457. The van der Waals surface area contributed by atoms with E-state index in [1.54, 1.807) is 18.2 Å². The van der Waals surface area contributed by atoms with E-state index in [4.69, 9.17) is 11.6 Å². The zero-order chi connectivity index (χ0) is 19.2. The summed E-state index contributed by atoms with van der Waals surface area (Å²) in [6, 6.07) is 15.1. The second-order valence-electron chi connectivity index (χ2n) is 5.84. The highest BCUT2D eigenvalue weighted by Crippen LogP contribution is 2.27. The minimum Gasteiger partial charge on any atom is -0.324 e. The molecule has 2 aromatic carbocycles. The van der Waals surface area contributed by atoms with E-state index in [9.17, 15) is 4.79 Å². The lowest BCUT2D eigenvalue weighted by Crippen LogP contribution is -2.15. The third kappa shape index (κ3) is 4.59. The molecule has 0 aliphatic heterocycles. The molecule has 1 amide bonds. The zero-order valence-corrected chi connectivity index (χ0v) is 16.4. The van der Waals surface area contributed by atoms with Crippen molar-refractivity contribution in [2.45, 2.75) is 18.6 Å². The number of nitrogens with zero attached hydrogens (tertiary/aromatic N) is 3. The van der Waals surface area contributed by atoms with Gasteiger partial charge in [0.2, 0.25) is 5.91 Å². The van der Waals surface area contributed by atoms with E-state index >= 15 is 0 Å². The highest BCUT2D eigenvalue weighted by Gasteiger charge is 2.16. The molecule has 0 saturated heterocycles. The molecule has 5 nitrogen and oxygen atoms in total. The highest BCUT2D eigenvalue weighted by molar-refractivity contribution is 7.99. The van der Waals surface area contributed by atoms with Crippen LogP contribution < -0.4 is 5.32 Å². The first-order valence-electron chi connectivity index (χ1n) is 8.37. The average Bonchev–Trinajstić information content (AvgIpc) is 3.05. The van der Waals surface area contributed by atoms with Gasteiger partial charge < -0.3 is 5.32 Å². The van der Waals surface area contributed by atoms with Crippen LogP contribution in [0, 0.1) is 6.92 Å². The molecule has 1 aromatic heterocycles. The van der Waals surface area contributed by atoms with Gasteiger partial charge in [0.05, 0.1) is 16.5 Å². The second kappa shape index (κ2) is 8.88. The van der Waals surface area contributed by atoms with E-state index in [-0.39, 0.29) is 11.7 Å². The molecule has 0 fully saturated rings. The van der Waals surface area contributed by atoms with Crippen LogP contribution in [0.15, 0.2) is 66.3 Å². The predicted octanol–water partition coefficient (Wildman–Crippen LogP) is 4.82. The normalized spacial score (nSPS) is 10.6. The van der Waals surface area contributed by atoms with E-state index in [0.29, 0.717) is 22.4 Å². The van der Waals surface area contributed by atoms with E-state index in [1.165, 1.54) is 11.8 Å². The van der Waals surface area contributed by atoms with Crippen LogP contribution in [-0.4, -0.2) is 26.4 Å². The predicted molar refractivity (Wildman–Crippen MR) is 111 cm³/mol. The number of hydrogen-bond acceptors (Lipinski definition) is 4. The Kier molecular flexibility index (Phi) is 6.32. The Morgan fingerprint density at radius 2 is 1.96 bits per heavy atom. The van der Waals surface area contributed by atoms with Gasteiger partial charge in [-0.15, -0.1) is 16.8 Å². The Labute approximate surface area is 167 Å². The highest BCUT2D eigenvalue weighted by atomic mass is 35.5. The van der Waals surface area contributed by atoms with Crippen LogP contribution in [0.25, 0.3) is 11.4 Å². The SMILES string of the molecule is C=CCn1c(SCC(=O)Nc2ccccc2Cl)nnc1-c1ccccc1C. The molecule has 27 heavy (non-hydrogen) atoms. The molecule has 7 heteroatoms. The molecular weight excluding hydrogens is 380 g/mol. The molecule has 0 unspecified atom stereocenters. The fourth-order valence-electron chi connectivity index (χ4n) is 2.59. The van der Waals surface area contributed by atoms with Crippen molar-refractivity contribution in [2.75, 3.05) is 11.1 Å². The lowest BCUT2D eigenvalue weighted by Gasteiger charge is -2.10. The molecule has 1 N–H and O–H groups in total. The largest absolute Gasteiger partial charge is 0.324 e. The zero-order valence-electron chi connectivity index (χ0n) is 14.9. The molecule has 0 aliphatic carbocycles. The van der Waals surface area contributed by atoms with Gasteiger partial charge in [0.1, 0.15) is 0 Å². The number of carbonyl (C=O) groups is 1. The number of amides is 1. The lowest BCUT2D eigenvalue weighted by molar-refractivity contribution is -0.113. The van der Waals surface area contributed by atoms with Crippen molar-refractivity contribution in [2.24, 2.45) is 0 Å². The third-order valence-electron chi connectivity index (χ3n) is 3.89. The fraction of sp³-hybridized carbons (Fsp3) is 0.150. The van der Waals surface area contributed by atoms with Crippen LogP contribution in [0.4, 0.5) is 5.69 Å². The molecule has 3 rings (SSSR count). The van der Waals surface area contributed by atoms with Crippen molar-refractivity contribution in [1.29, 1.82) is 0 Å². The van der Waals surface area contributed by atoms with Crippen molar-refractivity contribution in [1.82, 2.24) is 14.8 Å². The first-order chi connectivity index (χ1) is 13.1. The average molecular weight is 399 g/mol. The number of halogens is 1. The lowest BCUT2D eigenvalue weighted by atomic mass is 10.1. The van der Waals surface area contributed by atoms with E-state index < -0.39 is 0 Å². The van der Waals surface area contributed by atoms with Gasteiger partial charge in [0, 0.05) is 12.1 Å². The minimum atomic E-state index is -0.154. The molecule has 138 valence electrons. The van der Waals surface area contributed by atoms with Crippen LogP contribution in [0.3, 0.4) is 0 Å². The van der Waals surface area contributed by atoms with Crippen LogP contribution in [0.5, 0.6) is 0 Å². The number of anilines is 1. The fourth-order valence-corrected chi connectivity index (χ4v) is 3.52. The van der Waals surface area contributed by atoms with Gasteiger partial charge in [0.15, 0.2) is 11.0 Å². The molecule has 0 aliphatic rings. The number of benzene rings is 2. The Morgan fingerprint density at radius 3 is 2.70 bits per heavy atom. The third-order valence-corrected chi connectivity index (χ3v) is 5.19. The maximum atomic E-state index is 12.3. The Hall–Kier alpha value is -2.57. The van der Waals surface area contributed by atoms with Gasteiger partial charge in [-0.05, 0) is 24.6 Å². The van der Waals surface area contributed by atoms with Crippen LogP contribution in [-0.2, 0) is 11.3 Å². The molecular formula is C20H19ClN4OS. The Bertz CT molecular complexity index is 970. The first-order valence-corrected chi connectivity index (χ1v) is 9.73. The molecule has 0 radical (unpaired) electrons. The van der Waals surface area contributed by atoms with Crippen molar-refractivity contribution >= 4 is 35.0 Å². The summed E-state index contributed by atoms with van der Waals surface area (Å²) in [4.78, 5) is 12.3. The van der Waals surface area contributed by atoms with Crippen molar-refractivity contribution < 1.29 is 4.79 Å². The smallest absolute Gasteiger partial charge is 0.234 e. The second-order valence-corrected chi connectivity index (χ2v) is 7.19. The van der Waals surface area contributed by atoms with E-state index in [0.717, 1.165) is 17.0 Å². The standard InChI is InChI=1S/C20H19ClN4OS/c1-3-12-25-19(15-9-5-4-8-14(15)2)23-24-20(25)27-13-18(26)22-17-11-7-6-10-16(17)21/h3-11H,1,12-13H2,2H3,(H,22,26). The summed E-state index contributed by atoms with van der Waals surface area (Å²) in [5.74, 6) is 0.814. The van der Waals surface area contributed by atoms with Crippen molar-refractivity contribution in [3.8, 4) is 11.4 Å². The number of para-hydroxylation sites is 1. The number of carbonyl (C=O) groups excluding carboxylic acids is 1. The maximum Gasteiger partial charge on any atom is 0.234 e. The monoisotopic (exact) mass is 398 g/mol. The summed E-state index contributed by atoms with van der Waals surface area (Å²) in [7, 11) is 0. The number of aryl methyl sites for hydroxylation is 1. The number of aromatic nitrogens is 3. The minimum absolute atomic E-state index is 0.154. The van der Waals surface area contributed by atoms with Gasteiger partial charge in [-0.25, -0.2) is 0 Å². The van der Waals surface area contributed by atoms with Crippen LogP contribution in [0.2, 0.25) is 5.02 Å². The molecule has 3 aromatic rings. The van der Waals surface area contributed by atoms with E-state index in [1.807, 2.05) is 47.9 Å². The molecule has 0 bridgehead atoms. The summed E-state index contributed by atoms with van der Waals surface area (Å²) in [5.41, 5.74) is 2.72. The maximum absolute atomic E-state index is 12.3. The summed E-state index contributed by atoms with van der Waals surface area (Å²) in [5, 5.41) is 12.6. The molecule has 1 heterocycles. The van der Waals surface area contributed by atoms with Gasteiger partial charge in [-0.1, -0.05) is 65.8 Å². The summed E-state index contributed by atoms with van der Waals surface area (Å²) >= 11 is 7.41. The van der Waals surface area contributed by atoms with Crippen LogP contribution in [0.1, 0.15) is 5.56 Å². The topological polar surface area (TPSA) is 59.8 Å².